The Kier molecular flexibility index (Phi) is 9.07. The SMILES string of the molecule is COC(=O)/C=C(/Nc1ccc(CNC2CCCN(C(=O)OC(C)(C)C)C2)cc1)C(=O)OC. The number of esters is 2. The molecule has 1 aromatic carbocycles. The Morgan fingerprint density at radius 1 is 1.12 bits per heavy atom. The van der Waals surface area contributed by atoms with Gasteiger partial charge in [-0.1, -0.05) is 12.1 Å². The third-order valence-corrected chi connectivity index (χ3v) is 4.77. The molecule has 0 aromatic heterocycles. The lowest BCUT2D eigenvalue weighted by Crippen LogP contribution is -2.49. The minimum absolute atomic E-state index is 0.0188. The predicted octanol–water partition coefficient (Wildman–Crippen LogP) is 2.82. The highest BCUT2D eigenvalue weighted by Crippen LogP contribution is 2.17. The molecule has 0 radical (unpaired) electrons. The first-order valence-electron chi connectivity index (χ1n) is 10.6. The van der Waals surface area contributed by atoms with E-state index in [0.717, 1.165) is 24.5 Å². The average Bonchev–Trinajstić information content (AvgIpc) is 2.76. The molecule has 0 bridgehead atoms. The molecule has 1 heterocycles. The number of piperidine rings is 1. The zero-order valence-corrected chi connectivity index (χ0v) is 19.4. The van der Waals surface area contributed by atoms with Gasteiger partial charge in [-0.2, -0.15) is 0 Å². The van der Waals surface area contributed by atoms with Gasteiger partial charge in [0.15, 0.2) is 0 Å². The third kappa shape index (κ3) is 8.22. The lowest BCUT2D eigenvalue weighted by atomic mass is 10.1. The molecule has 0 spiro atoms. The van der Waals surface area contributed by atoms with Gasteiger partial charge in [-0.25, -0.2) is 14.4 Å². The second-order valence-corrected chi connectivity index (χ2v) is 8.54. The summed E-state index contributed by atoms with van der Waals surface area (Å²) in [5, 5.41) is 6.36. The number of rotatable bonds is 7. The molecule has 1 unspecified atom stereocenters. The molecule has 0 saturated carbocycles. The number of nitrogens with zero attached hydrogens (tertiary/aromatic N) is 1. The molecule has 1 amide bonds. The second kappa shape index (κ2) is 11.5. The number of hydrogen-bond donors (Lipinski definition) is 2. The molecule has 2 rings (SSSR count). The van der Waals surface area contributed by atoms with Gasteiger partial charge < -0.3 is 29.7 Å². The Balaban J connectivity index is 1.91. The summed E-state index contributed by atoms with van der Waals surface area (Å²) in [7, 11) is 2.47. The molecular weight excluding hydrogens is 414 g/mol. The lowest BCUT2D eigenvalue weighted by Gasteiger charge is -2.34. The van der Waals surface area contributed by atoms with Crippen LogP contribution in [-0.4, -0.2) is 61.9 Å². The van der Waals surface area contributed by atoms with Crippen LogP contribution in [0.25, 0.3) is 0 Å². The number of ether oxygens (including phenoxy) is 3. The number of carbonyl (C=O) groups is 3. The summed E-state index contributed by atoms with van der Waals surface area (Å²) in [5.74, 6) is -1.33. The van der Waals surface area contributed by atoms with Crippen LogP contribution < -0.4 is 10.6 Å². The van der Waals surface area contributed by atoms with E-state index in [1.54, 1.807) is 17.0 Å². The maximum absolute atomic E-state index is 12.3. The van der Waals surface area contributed by atoms with E-state index >= 15 is 0 Å². The number of anilines is 1. The summed E-state index contributed by atoms with van der Waals surface area (Å²) in [6.07, 6.45) is 2.67. The minimum Gasteiger partial charge on any atom is -0.466 e. The van der Waals surface area contributed by atoms with Gasteiger partial charge in [0.2, 0.25) is 0 Å². The number of hydrogen-bond acceptors (Lipinski definition) is 8. The third-order valence-electron chi connectivity index (χ3n) is 4.77. The van der Waals surface area contributed by atoms with E-state index in [1.165, 1.54) is 14.2 Å². The van der Waals surface area contributed by atoms with Crippen LogP contribution in [0, 0.1) is 0 Å². The highest BCUT2D eigenvalue weighted by Gasteiger charge is 2.27. The second-order valence-electron chi connectivity index (χ2n) is 8.54. The van der Waals surface area contributed by atoms with Crippen molar-refractivity contribution >= 4 is 23.7 Å². The molecule has 1 fully saturated rings. The van der Waals surface area contributed by atoms with Gasteiger partial charge in [0.25, 0.3) is 0 Å². The largest absolute Gasteiger partial charge is 0.466 e. The topological polar surface area (TPSA) is 106 Å². The maximum atomic E-state index is 12.3. The molecule has 9 nitrogen and oxygen atoms in total. The Hall–Kier alpha value is -3.07. The highest BCUT2D eigenvalue weighted by atomic mass is 16.6. The number of benzene rings is 1. The van der Waals surface area contributed by atoms with E-state index in [9.17, 15) is 14.4 Å². The van der Waals surface area contributed by atoms with E-state index in [2.05, 4.69) is 20.1 Å². The molecular formula is C23H33N3O6. The molecule has 1 aromatic rings. The smallest absolute Gasteiger partial charge is 0.410 e. The van der Waals surface area contributed by atoms with Crippen LogP contribution >= 0.6 is 0 Å². The zero-order valence-electron chi connectivity index (χ0n) is 19.4. The molecule has 1 aliphatic heterocycles. The number of amides is 1. The Labute approximate surface area is 189 Å². The minimum atomic E-state index is -0.673. The van der Waals surface area contributed by atoms with E-state index < -0.39 is 17.5 Å². The van der Waals surface area contributed by atoms with E-state index in [4.69, 9.17) is 4.74 Å². The number of methoxy groups -OCH3 is 2. The van der Waals surface area contributed by atoms with Crippen molar-refractivity contribution in [2.45, 2.75) is 51.8 Å². The first-order chi connectivity index (χ1) is 15.1. The fraction of sp³-hybridized carbons (Fsp3) is 0.522. The van der Waals surface area contributed by atoms with Crippen LogP contribution in [-0.2, 0) is 30.3 Å². The van der Waals surface area contributed by atoms with Crippen molar-refractivity contribution in [2.24, 2.45) is 0 Å². The van der Waals surface area contributed by atoms with Crippen molar-refractivity contribution in [3.05, 3.63) is 41.6 Å². The molecule has 1 atom stereocenters. The average molecular weight is 448 g/mol. The standard InChI is InChI=1S/C23H33N3O6/c1-23(2,3)32-22(29)26-12-6-7-18(15-26)24-14-16-8-10-17(11-9-16)25-19(21(28)31-5)13-20(27)30-4/h8-11,13,18,24-25H,6-7,12,14-15H2,1-5H3/b19-13+. The number of nitrogens with one attached hydrogen (secondary N) is 2. The Bertz CT molecular complexity index is 829. The fourth-order valence-corrected chi connectivity index (χ4v) is 3.19. The normalized spacial score (nSPS) is 16.8. The van der Waals surface area contributed by atoms with E-state index in [1.807, 2.05) is 32.9 Å². The van der Waals surface area contributed by atoms with Gasteiger partial charge in [-0.15, -0.1) is 0 Å². The van der Waals surface area contributed by atoms with Crippen LogP contribution in [0.4, 0.5) is 10.5 Å². The Morgan fingerprint density at radius 3 is 2.41 bits per heavy atom. The molecule has 9 heteroatoms. The quantitative estimate of drug-likeness (QED) is 0.373. The van der Waals surface area contributed by atoms with Crippen molar-refractivity contribution in [3.63, 3.8) is 0 Å². The van der Waals surface area contributed by atoms with Crippen LogP contribution in [0.2, 0.25) is 0 Å². The maximum Gasteiger partial charge on any atom is 0.410 e. The van der Waals surface area contributed by atoms with Gasteiger partial charge >= 0.3 is 18.0 Å². The van der Waals surface area contributed by atoms with Gasteiger partial charge in [0.05, 0.1) is 20.3 Å². The number of likely N-dealkylation sites (tertiary alicyclic amines) is 1. The summed E-state index contributed by atoms with van der Waals surface area (Å²) in [4.78, 5) is 37.4. The molecule has 2 N–H and O–H groups in total. The first-order valence-corrected chi connectivity index (χ1v) is 10.6. The lowest BCUT2D eigenvalue weighted by molar-refractivity contribution is -0.138. The van der Waals surface area contributed by atoms with Gasteiger partial charge in [0, 0.05) is 31.4 Å². The zero-order chi connectivity index (χ0) is 23.7. The number of carbonyl (C=O) groups excluding carboxylic acids is 3. The highest BCUT2D eigenvalue weighted by molar-refractivity contribution is 5.98. The molecule has 32 heavy (non-hydrogen) atoms. The summed E-state index contributed by atoms with van der Waals surface area (Å²) < 4.78 is 14.7. The monoisotopic (exact) mass is 447 g/mol. The van der Waals surface area contributed by atoms with Gasteiger partial charge in [-0.3, -0.25) is 0 Å². The van der Waals surface area contributed by atoms with Crippen molar-refractivity contribution in [3.8, 4) is 0 Å². The molecule has 1 aliphatic rings. The van der Waals surface area contributed by atoms with Crippen molar-refractivity contribution < 1.29 is 28.6 Å². The summed E-state index contributed by atoms with van der Waals surface area (Å²) >= 11 is 0. The van der Waals surface area contributed by atoms with Crippen LogP contribution in [0.3, 0.4) is 0 Å². The first kappa shape index (κ1) is 25.2. The predicted molar refractivity (Wildman–Crippen MR) is 120 cm³/mol. The van der Waals surface area contributed by atoms with E-state index in [-0.39, 0.29) is 17.8 Å². The summed E-state index contributed by atoms with van der Waals surface area (Å²) in [6.45, 7) is 7.53. The van der Waals surface area contributed by atoms with E-state index in [0.29, 0.717) is 25.3 Å². The fourth-order valence-electron chi connectivity index (χ4n) is 3.19. The van der Waals surface area contributed by atoms with Crippen molar-refractivity contribution in [1.82, 2.24) is 10.2 Å². The Morgan fingerprint density at radius 2 is 1.81 bits per heavy atom. The molecule has 176 valence electrons. The van der Waals surface area contributed by atoms with Crippen LogP contribution in [0.1, 0.15) is 39.2 Å². The summed E-state index contributed by atoms with van der Waals surface area (Å²) in [5.41, 5.74) is 1.15. The van der Waals surface area contributed by atoms with Gasteiger partial charge in [0.1, 0.15) is 11.3 Å². The van der Waals surface area contributed by atoms with Crippen LogP contribution in [0.5, 0.6) is 0 Å². The molecule has 1 saturated heterocycles. The van der Waals surface area contributed by atoms with Crippen molar-refractivity contribution in [1.29, 1.82) is 0 Å². The molecule has 0 aliphatic carbocycles. The van der Waals surface area contributed by atoms with Gasteiger partial charge in [-0.05, 0) is 51.3 Å². The van der Waals surface area contributed by atoms with Crippen LogP contribution in [0.15, 0.2) is 36.0 Å². The van der Waals surface area contributed by atoms with Crippen molar-refractivity contribution in [2.75, 3.05) is 32.6 Å². The summed E-state index contributed by atoms with van der Waals surface area (Å²) in [6, 6.07) is 7.62.